The Hall–Kier alpha value is -2.99. The monoisotopic (exact) mass is 339 g/mol. The summed E-state index contributed by atoms with van der Waals surface area (Å²) < 4.78 is 15.5. The summed E-state index contributed by atoms with van der Waals surface area (Å²) in [7, 11) is 0. The molecule has 1 unspecified atom stereocenters. The normalized spacial score (nSPS) is 11.9. The molecular formula is C19H18FN3O2. The first-order valence-corrected chi connectivity index (χ1v) is 7.89. The Morgan fingerprint density at radius 3 is 2.64 bits per heavy atom. The van der Waals surface area contributed by atoms with Crippen molar-refractivity contribution in [3.63, 3.8) is 0 Å². The molecule has 3 aromatic rings. The van der Waals surface area contributed by atoms with Gasteiger partial charge >= 0.3 is 0 Å². The van der Waals surface area contributed by atoms with Crippen molar-refractivity contribution in [1.82, 2.24) is 14.9 Å². The zero-order valence-electron chi connectivity index (χ0n) is 13.5. The first-order valence-electron chi connectivity index (χ1n) is 7.89. The molecule has 2 aromatic carbocycles. The number of amides is 1. The fraction of sp³-hybridized carbons (Fsp3) is 0.158. The van der Waals surface area contributed by atoms with Crippen molar-refractivity contribution in [2.45, 2.75) is 12.6 Å². The van der Waals surface area contributed by atoms with Crippen LogP contribution in [0.3, 0.4) is 0 Å². The summed E-state index contributed by atoms with van der Waals surface area (Å²) in [6.45, 7) is 0.616. The van der Waals surface area contributed by atoms with Crippen molar-refractivity contribution < 1.29 is 14.3 Å². The summed E-state index contributed by atoms with van der Waals surface area (Å²) in [6, 6.07) is 13.1. The van der Waals surface area contributed by atoms with Crippen molar-refractivity contribution in [1.29, 1.82) is 0 Å². The number of benzene rings is 2. The number of aliphatic hydroxyl groups is 1. The minimum atomic E-state index is -1.09. The van der Waals surface area contributed by atoms with Crippen molar-refractivity contribution in [2.75, 3.05) is 6.54 Å². The zero-order valence-corrected chi connectivity index (χ0v) is 13.5. The minimum absolute atomic E-state index is 0.0590. The molecule has 0 aliphatic heterocycles. The molecule has 1 amide bonds. The van der Waals surface area contributed by atoms with E-state index in [-0.39, 0.29) is 18.0 Å². The number of nitrogens with one attached hydrogen (secondary N) is 1. The van der Waals surface area contributed by atoms with Gasteiger partial charge in [-0.1, -0.05) is 30.3 Å². The summed E-state index contributed by atoms with van der Waals surface area (Å²) in [4.78, 5) is 16.1. The fourth-order valence-corrected chi connectivity index (χ4v) is 2.50. The molecule has 0 spiro atoms. The van der Waals surface area contributed by atoms with Crippen LogP contribution in [0.2, 0.25) is 0 Å². The number of halogens is 1. The number of rotatable bonds is 6. The van der Waals surface area contributed by atoms with E-state index in [1.807, 2.05) is 22.9 Å². The van der Waals surface area contributed by atoms with Gasteiger partial charge in [0.1, 0.15) is 5.82 Å². The topological polar surface area (TPSA) is 67.2 Å². The van der Waals surface area contributed by atoms with E-state index in [2.05, 4.69) is 10.3 Å². The maximum atomic E-state index is 13.6. The molecule has 6 heteroatoms. The van der Waals surface area contributed by atoms with E-state index in [1.165, 1.54) is 12.1 Å². The predicted octanol–water partition coefficient (Wildman–Crippen LogP) is 2.53. The molecule has 0 radical (unpaired) electrons. The standard InChI is InChI=1S/C19H18FN3O2/c20-17-4-2-1-3-16(17)18(24)11-22-19(25)15-7-5-14(6-8-15)12-23-10-9-21-13-23/h1-10,13,18,24H,11-12H2,(H,22,25). The number of hydrogen-bond acceptors (Lipinski definition) is 3. The lowest BCUT2D eigenvalue weighted by atomic mass is 10.1. The second-order valence-electron chi connectivity index (χ2n) is 5.68. The summed E-state index contributed by atoms with van der Waals surface area (Å²) in [5.41, 5.74) is 1.69. The number of hydrogen-bond donors (Lipinski definition) is 2. The molecule has 0 saturated heterocycles. The molecule has 0 aliphatic carbocycles. The summed E-state index contributed by atoms with van der Waals surface area (Å²) >= 11 is 0. The number of aliphatic hydroxyl groups excluding tert-OH is 1. The Balaban J connectivity index is 1.57. The van der Waals surface area contributed by atoms with Crippen LogP contribution < -0.4 is 5.32 Å². The number of carbonyl (C=O) groups is 1. The maximum absolute atomic E-state index is 13.6. The van der Waals surface area contributed by atoms with Crippen LogP contribution in [0.15, 0.2) is 67.3 Å². The van der Waals surface area contributed by atoms with Crippen LogP contribution in [-0.2, 0) is 6.54 Å². The average molecular weight is 339 g/mol. The first-order chi connectivity index (χ1) is 12.1. The van der Waals surface area contributed by atoms with Crippen molar-refractivity contribution in [2.24, 2.45) is 0 Å². The van der Waals surface area contributed by atoms with E-state index < -0.39 is 11.9 Å². The third kappa shape index (κ3) is 4.30. The summed E-state index contributed by atoms with van der Waals surface area (Å²) in [5.74, 6) is -0.808. The van der Waals surface area contributed by atoms with Gasteiger partial charge in [0, 0.05) is 36.6 Å². The van der Waals surface area contributed by atoms with Crippen LogP contribution in [0.5, 0.6) is 0 Å². The largest absolute Gasteiger partial charge is 0.386 e. The fourth-order valence-electron chi connectivity index (χ4n) is 2.50. The minimum Gasteiger partial charge on any atom is -0.386 e. The van der Waals surface area contributed by atoms with Gasteiger partial charge in [0.15, 0.2) is 0 Å². The van der Waals surface area contributed by atoms with E-state index in [9.17, 15) is 14.3 Å². The van der Waals surface area contributed by atoms with E-state index in [0.29, 0.717) is 12.1 Å². The molecule has 2 N–H and O–H groups in total. The Bertz CT molecular complexity index is 832. The van der Waals surface area contributed by atoms with Gasteiger partial charge in [-0.15, -0.1) is 0 Å². The van der Waals surface area contributed by atoms with E-state index in [0.717, 1.165) is 5.56 Å². The van der Waals surface area contributed by atoms with Gasteiger partial charge in [-0.2, -0.15) is 0 Å². The molecule has 0 saturated carbocycles. The summed E-state index contributed by atoms with van der Waals surface area (Å²) in [5, 5.41) is 12.6. The highest BCUT2D eigenvalue weighted by Gasteiger charge is 2.14. The molecule has 0 aliphatic rings. The van der Waals surface area contributed by atoms with Crippen LogP contribution in [0.25, 0.3) is 0 Å². The van der Waals surface area contributed by atoms with Crippen molar-refractivity contribution in [3.8, 4) is 0 Å². The molecule has 1 aromatic heterocycles. The van der Waals surface area contributed by atoms with Crippen LogP contribution in [0, 0.1) is 5.82 Å². The van der Waals surface area contributed by atoms with Gasteiger partial charge in [0.25, 0.3) is 5.91 Å². The molecule has 25 heavy (non-hydrogen) atoms. The van der Waals surface area contributed by atoms with Gasteiger partial charge < -0.3 is 15.0 Å². The van der Waals surface area contributed by atoms with Gasteiger partial charge in [0.2, 0.25) is 0 Å². The molecule has 128 valence electrons. The first kappa shape index (κ1) is 16.9. The highest BCUT2D eigenvalue weighted by molar-refractivity contribution is 5.94. The lowest BCUT2D eigenvalue weighted by Gasteiger charge is -2.13. The number of imidazole rings is 1. The van der Waals surface area contributed by atoms with Crippen LogP contribution >= 0.6 is 0 Å². The zero-order chi connectivity index (χ0) is 17.6. The van der Waals surface area contributed by atoms with Crippen molar-refractivity contribution in [3.05, 3.63) is 89.8 Å². The number of aromatic nitrogens is 2. The van der Waals surface area contributed by atoms with Crippen LogP contribution in [0.4, 0.5) is 4.39 Å². The van der Waals surface area contributed by atoms with E-state index in [1.54, 1.807) is 36.8 Å². The highest BCUT2D eigenvalue weighted by Crippen LogP contribution is 2.16. The molecule has 0 bridgehead atoms. The Morgan fingerprint density at radius 1 is 1.20 bits per heavy atom. The molecule has 1 atom stereocenters. The SMILES string of the molecule is O=C(NCC(O)c1ccccc1F)c1ccc(Cn2ccnc2)cc1. The molecule has 0 fully saturated rings. The molecule has 1 heterocycles. The third-order valence-corrected chi connectivity index (χ3v) is 3.86. The van der Waals surface area contributed by atoms with Gasteiger partial charge in [0.05, 0.1) is 12.4 Å². The second kappa shape index (κ2) is 7.72. The average Bonchev–Trinajstić information content (AvgIpc) is 3.13. The predicted molar refractivity (Wildman–Crippen MR) is 91.5 cm³/mol. The molecular weight excluding hydrogens is 321 g/mol. The van der Waals surface area contributed by atoms with Crippen LogP contribution in [0.1, 0.15) is 27.6 Å². The van der Waals surface area contributed by atoms with Gasteiger partial charge in [-0.05, 0) is 23.8 Å². The lowest BCUT2D eigenvalue weighted by molar-refractivity contribution is 0.0914. The Labute approximate surface area is 144 Å². The van der Waals surface area contributed by atoms with Crippen LogP contribution in [-0.4, -0.2) is 27.1 Å². The second-order valence-corrected chi connectivity index (χ2v) is 5.68. The molecule has 3 rings (SSSR count). The smallest absolute Gasteiger partial charge is 0.251 e. The molecule has 5 nitrogen and oxygen atoms in total. The van der Waals surface area contributed by atoms with Gasteiger partial charge in [-0.25, -0.2) is 9.37 Å². The lowest BCUT2D eigenvalue weighted by Crippen LogP contribution is -2.28. The van der Waals surface area contributed by atoms with E-state index in [4.69, 9.17) is 0 Å². The number of carbonyl (C=O) groups excluding carboxylic acids is 1. The Kier molecular flexibility index (Phi) is 5.20. The summed E-state index contributed by atoms with van der Waals surface area (Å²) in [6.07, 6.45) is 4.21. The maximum Gasteiger partial charge on any atom is 0.251 e. The third-order valence-electron chi connectivity index (χ3n) is 3.86. The van der Waals surface area contributed by atoms with Crippen molar-refractivity contribution >= 4 is 5.91 Å². The Morgan fingerprint density at radius 2 is 1.96 bits per heavy atom. The highest BCUT2D eigenvalue weighted by atomic mass is 19.1. The number of nitrogens with zero attached hydrogens (tertiary/aromatic N) is 2. The quantitative estimate of drug-likeness (QED) is 0.725. The van der Waals surface area contributed by atoms with E-state index >= 15 is 0 Å². The van der Waals surface area contributed by atoms with Gasteiger partial charge in [-0.3, -0.25) is 4.79 Å².